The van der Waals surface area contributed by atoms with Gasteiger partial charge in [0.15, 0.2) is 0 Å². The summed E-state index contributed by atoms with van der Waals surface area (Å²) in [6.07, 6.45) is 1.59. The lowest BCUT2D eigenvalue weighted by Gasteiger charge is -2.00. The number of aromatic nitrogens is 3. The third kappa shape index (κ3) is 2.49. The van der Waals surface area contributed by atoms with Crippen LogP contribution in [0.4, 0.5) is 15.8 Å². The second-order valence-corrected chi connectivity index (χ2v) is 4.57. The van der Waals surface area contributed by atoms with Crippen molar-refractivity contribution >= 4 is 11.4 Å². The summed E-state index contributed by atoms with van der Waals surface area (Å²) in [6, 6.07) is 10.6. The van der Waals surface area contributed by atoms with E-state index in [9.17, 15) is 14.5 Å². The molecule has 0 aliphatic rings. The molecule has 0 spiro atoms. The van der Waals surface area contributed by atoms with Gasteiger partial charge in [0.1, 0.15) is 5.69 Å². The minimum Gasteiger partial charge on any atom is -0.399 e. The highest BCUT2D eigenvalue weighted by atomic mass is 19.1. The average Bonchev–Trinajstić information content (AvgIpc) is 2.97. The summed E-state index contributed by atoms with van der Waals surface area (Å²) in [5, 5.41) is 18.7. The minimum atomic E-state index is -0.892. The number of hydrogen-bond donors (Lipinski definition) is 1. The first kappa shape index (κ1) is 13.7. The molecule has 3 aromatic rings. The molecule has 1 aromatic heterocycles. The standard InChI is InChI=1S/C14H10FN5O2/c15-12-5-4-9(6-14(12)20(21)22)13-8-19(18-17-13)11-3-1-2-10(16)7-11/h1-8H,16H2. The van der Waals surface area contributed by atoms with Gasteiger partial charge in [0.05, 0.1) is 16.8 Å². The molecule has 3 rings (SSSR count). The number of hydrogen-bond acceptors (Lipinski definition) is 5. The van der Waals surface area contributed by atoms with Gasteiger partial charge in [-0.1, -0.05) is 11.3 Å². The van der Waals surface area contributed by atoms with E-state index in [1.54, 1.807) is 30.5 Å². The molecule has 2 N–H and O–H groups in total. The fourth-order valence-corrected chi connectivity index (χ4v) is 2.00. The van der Waals surface area contributed by atoms with E-state index in [1.165, 1.54) is 10.7 Å². The largest absolute Gasteiger partial charge is 0.399 e. The second kappa shape index (κ2) is 5.24. The first-order chi connectivity index (χ1) is 10.5. The topological polar surface area (TPSA) is 99.9 Å². The molecule has 2 aromatic carbocycles. The van der Waals surface area contributed by atoms with Gasteiger partial charge in [-0.2, -0.15) is 4.39 Å². The normalized spacial score (nSPS) is 10.6. The highest BCUT2D eigenvalue weighted by Gasteiger charge is 2.16. The quantitative estimate of drug-likeness (QED) is 0.455. The molecule has 0 saturated carbocycles. The Morgan fingerprint density at radius 3 is 2.77 bits per heavy atom. The van der Waals surface area contributed by atoms with Crippen LogP contribution in [0.15, 0.2) is 48.7 Å². The van der Waals surface area contributed by atoms with E-state index in [0.29, 0.717) is 22.6 Å². The van der Waals surface area contributed by atoms with Crippen molar-refractivity contribution in [3.05, 3.63) is 64.6 Å². The summed E-state index contributed by atoms with van der Waals surface area (Å²) in [5.41, 5.74) is 7.18. The molecular formula is C14H10FN5O2. The maximum absolute atomic E-state index is 13.4. The second-order valence-electron chi connectivity index (χ2n) is 4.57. The Bertz CT molecular complexity index is 862. The van der Waals surface area contributed by atoms with Gasteiger partial charge in [0, 0.05) is 17.3 Å². The summed E-state index contributed by atoms with van der Waals surface area (Å²) in [6.45, 7) is 0. The van der Waals surface area contributed by atoms with Crippen LogP contribution >= 0.6 is 0 Å². The molecule has 0 unspecified atom stereocenters. The Labute approximate surface area is 123 Å². The summed E-state index contributed by atoms with van der Waals surface area (Å²) < 4.78 is 14.8. The van der Waals surface area contributed by atoms with E-state index in [1.807, 2.05) is 0 Å². The molecule has 110 valence electrons. The van der Waals surface area contributed by atoms with Crippen molar-refractivity contribution in [2.45, 2.75) is 0 Å². The Kier molecular flexibility index (Phi) is 3.26. The zero-order valence-electron chi connectivity index (χ0n) is 11.2. The maximum atomic E-state index is 13.4. The molecule has 0 fully saturated rings. The smallest absolute Gasteiger partial charge is 0.305 e. The van der Waals surface area contributed by atoms with E-state index < -0.39 is 16.4 Å². The predicted molar refractivity (Wildman–Crippen MR) is 77.8 cm³/mol. The van der Waals surface area contributed by atoms with Gasteiger partial charge >= 0.3 is 5.69 Å². The molecule has 0 bridgehead atoms. The zero-order chi connectivity index (χ0) is 15.7. The monoisotopic (exact) mass is 299 g/mol. The van der Waals surface area contributed by atoms with Crippen LogP contribution in [0.5, 0.6) is 0 Å². The van der Waals surface area contributed by atoms with Crippen LogP contribution in [0.25, 0.3) is 16.9 Å². The fourth-order valence-electron chi connectivity index (χ4n) is 2.00. The molecule has 0 saturated heterocycles. The van der Waals surface area contributed by atoms with Crippen molar-refractivity contribution in [3.8, 4) is 16.9 Å². The molecule has 8 heteroatoms. The SMILES string of the molecule is Nc1cccc(-n2cc(-c3ccc(F)c([N+](=O)[O-])c3)nn2)c1. The summed E-state index contributed by atoms with van der Waals surface area (Å²) >= 11 is 0. The Balaban J connectivity index is 2.01. The van der Waals surface area contributed by atoms with Gasteiger partial charge in [-0.3, -0.25) is 10.1 Å². The van der Waals surface area contributed by atoms with Gasteiger partial charge in [-0.05, 0) is 30.3 Å². The number of benzene rings is 2. The van der Waals surface area contributed by atoms with Crippen LogP contribution < -0.4 is 5.73 Å². The van der Waals surface area contributed by atoms with Crippen molar-refractivity contribution < 1.29 is 9.31 Å². The summed E-state index contributed by atoms with van der Waals surface area (Å²) in [5.74, 6) is -0.892. The lowest BCUT2D eigenvalue weighted by molar-refractivity contribution is -0.387. The number of nitrogens with zero attached hydrogens (tertiary/aromatic N) is 4. The highest BCUT2D eigenvalue weighted by Crippen LogP contribution is 2.25. The number of anilines is 1. The summed E-state index contributed by atoms with van der Waals surface area (Å²) in [7, 11) is 0. The zero-order valence-corrected chi connectivity index (χ0v) is 11.2. The molecule has 0 aliphatic carbocycles. The Morgan fingerprint density at radius 2 is 2.05 bits per heavy atom. The Hall–Kier alpha value is -3.29. The molecule has 7 nitrogen and oxygen atoms in total. The molecule has 0 atom stereocenters. The van der Waals surface area contributed by atoms with Gasteiger partial charge < -0.3 is 5.73 Å². The van der Waals surface area contributed by atoms with Crippen LogP contribution in [0, 0.1) is 15.9 Å². The van der Waals surface area contributed by atoms with E-state index >= 15 is 0 Å². The van der Waals surface area contributed by atoms with Crippen LogP contribution in [-0.4, -0.2) is 19.9 Å². The molecule has 0 aliphatic heterocycles. The average molecular weight is 299 g/mol. The number of nitrogen functional groups attached to an aromatic ring is 1. The van der Waals surface area contributed by atoms with Gasteiger partial charge in [0.2, 0.25) is 5.82 Å². The van der Waals surface area contributed by atoms with Crippen LogP contribution in [0.2, 0.25) is 0 Å². The van der Waals surface area contributed by atoms with Crippen molar-refractivity contribution in [1.29, 1.82) is 0 Å². The van der Waals surface area contributed by atoms with Gasteiger partial charge in [-0.15, -0.1) is 5.10 Å². The Morgan fingerprint density at radius 1 is 1.23 bits per heavy atom. The maximum Gasteiger partial charge on any atom is 0.305 e. The van der Waals surface area contributed by atoms with Gasteiger partial charge in [0.25, 0.3) is 0 Å². The highest BCUT2D eigenvalue weighted by molar-refractivity contribution is 5.62. The van der Waals surface area contributed by atoms with Crippen molar-refractivity contribution in [2.24, 2.45) is 0 Å². The van der Waals surface area contributed by atoms with Crippen LogP contribution in [0.1, 0.15) is 0 Å². The lowest BCUT2D eigenvalue weighted by Crippen LogP contribution is -1.95. The number of nitro benzene ring substituents is 1. The third-order valence-corrected chi connectivity index (χ3v) is 3.07. The molecule has 0 amide bonds. The van der Waals surface area contributed by atoms with E-state index in [0.717, 1.165) is 12.1 Å². The molecular weight excluding hydrogens is 289 g/mol. The van der Waals surface area contributed by atoms with Crippen molar-refractivity contribution in [3.63, 3.8) is 0 Å². The lowest BCUT2D eigenvalue weighted by atomic mass is 10.1. The minimum absolute atomic E-state index is 0.394. The number of nitrogens with two attached hydrogens (primary N) is 1. The number of rotatable bonds is 3. The molecule has 1 heterocycles. The molecule has 0 radical (unpaired) electrons. The fraction of sp³-hybridized carbons (Fsp3) is 0. The first-order valence-electron chi connectivity index (χ1n) is 6.27. The number of nitro groups is 1. The van der Waals surface area contributed by atoms with Crippen LogP contribution in [0.3, 0.4) is 0 Å². The third-order valence-electron chi connectivity index (χ3n) is 3.07. The number of halogens is 1. The predicted octanol–water partition coefficient (Wildman–Crippen LogP) is 2.56. The van der Waals surface area contributed by atoms with E-state index in [-0.39, 0.29) is 0 Å². The van der Waals surface area contributed by atoms with Crippen molar-refractivity contribution in [1.82, 2.24) is 15.0 Å². The van der Waals surface area contributed by atoms with Crippen LogP contribution in [-0.2, 0) is 0 Å². The van der Waals surface area contributed by atoms with E-state index in [4.69, 9.17) is 5.73 Å². The summed E-state index contributed by atoms with van der Waals surface area (Å²) in [4.78, 5) is 10.0. The van der Waals surface area contributed by atoms with E-state index in [2.05, 4.69) is 10.3 Å². The molecule has 22 heavy (non-hydrogen) atoms. The van der Waals surface area contributed by atoms with Crippen molar-refractivity contribution in [2.75, 3.05) is 5.73 Å². The first-order valence-corrected chi connectivity index (χ1v) is 6.27. The van der Waals surface area contributed by atoms with Gasteiger partial charge in [-0.25, -0.2) is 4.68 Å².